The van der Waals surface area contributed by atoms with Crippen LogP contribution in [0.3, 0.4) is 0 Å². The topological polar surface area (TPSA) is 84.7 Å². The summed E-state index contributed by atoms with van der Waals surface area (Å²) in [6, 6.07) is 10.9. The fourth-order valence-corrected chi connectivity index (χ4v) is 7.06. The van der Waals surface area contributed by atoms with Crippen LogP contribution in [0, 0.1) is 20.4 Å². The molecule has 0 radical (unpaired) electrons. The maximum atomic E-state index is 13.3. The van der Waals surface area contributed by atoms with E-state index in [1.54, 1.807) is 25.1 Å². The summed E-state index contributed by atoms with van der Waals surface area (Å²) in [6.07, 6.45) is 0.923. The van der Waals surface area contributed by atoms with Gasteiger partial charge in [0.1, 0.15) is 0 Å². The first kappa shape index (κ1) is 21.5. The highest BCUT2D eigenvalue weighted by Gasteiger charge is 2.40. The molecule has 1 N–H and O–H groups in total. The number of aryl methyl sites for hydroxylation is 2. The number of benzene rings is 2. The molecule has 154 valence electrons. The van der Waals surface area contributed by atoms with Gasteiger partial charge in [-0.3, -0.25) is 4.85 Å². The number of nitrogens with zero attached hydrogens (tertiary/aromatic N) is 1. The Kier molecular flexibility index (Phi) is 6.13. The van der Waals surface area contributed by atoms with Crippen molar-refractivity contribution in [2.24, 2.45) is 0 Å². The van der Waals surface area contributed by atoms with E-state index in [2.05, 4.69) is 10.2 Å². The fraction of sp³-hybridized carbons (Fsp3) is 0.381. The zero-order valence-corrected chi connectivity index (χ0v) is 18.1. The first-order valence-electron chi connectivity index (χ1n) is 9.40. The Labute approximate surface area is 172 Å². The molecule has 29 heavy (non-hydrogen) atoms. The Balaban J connectivity index is 2.15. The van der Waals surface area contributed by atoms with E-state index in [-0.39, 0.29) is 15.4 Å². The van der Waals surface area contributed by atoms with Crippen molar-refractivity contribution in [1.82, 2.24) is 5.32 Å². The highest BCUT2D eigenvalue weighted by molar-refractivity contribution is 7.93. The van der Waals surface area contributed by atoms with Crippen LogP contribution in [-0.2, 0) is 19.7 Å². The predicted octanol–water partition coefficient (Wildman–Crippen LogP) is 3.22. The van der Waals surface area contributed by atoms with E-state index in [9.17, 15) is 16.8 Å². The molecule has 8 heteroatoms. The van der Waals surface area contributed by atoms with Crippen LogP contribution in [0.1, 0.15) is 34.9 Å². The van der Waals surface area contributed by atoms with Gasteiger partial charge in [-0.05, 0) is 64.0 Å². The minimum Gasteiger partial charge on any atom is -0.317 e. The van der Waals surface area contributed by atoms with Gasteiger partial charge in [0, 0.05) is 0 Å². The molecule has 1 fully saturated rings. The molecule has 0 bridgehead atoms. The van der Waals surface area contributed by atoms with Crippen LogP contribution in [0.2, 0.25) is 0 Å². The number of sulfone groups is 2. The standard InChI is InChI=1S/C21H24N2O4S2/c1-15-4-7-17(8-5-15)29(26,27)21(22-3)19-14-16(2)6-9-20(19)28(24,25)18-10-12-23-13-11-18/h4-9,14,18,21,23H,10-13H2,1-2H3. The first-order chi connectivity index (χ1) is 13.7. The van der Waals surface area contributed by atoms with Gasteiger partial charge in [0.25, 0.3) is 9.84 Å². The average Bonchev–Trinajstić information content (AvgIpc) is 2.69. The second-order valence-electron chi connectivity index (χ2n) is 7.38. The maximum Gasteiger partial charge on any atom is 0.351 e. The van der Waals surface area contributed by atoms with Crippen molar-refractivity contribution in [2.75, 3.05) is 13.1 Å². The van der Waals surface area contributed by atoms with Crippen LogP contribution in [-0.4, -0.2) is 35.2 Å². The molecule has 1 aliphatic rings. The second kappa shape index (κ2) is 8.27. The van der Waals surface area contributed by atoms with Gasteiger partial charge in [-0.1, -0.05) is 29.3 Å². The van der Waals surface area contributed by atoms with E-state index in [1.165, 1.54) is 24.3 Å². The van der Waals surface area contributed by atoms with Crippen molar-refractivity contribution in [3.63, 3.8) is 0 Å². The Morgan fingerprint density at radius 2 is 1.55 bits per heavy atom. The van der Waals surface area contributed by atoms with Gasteiger partial charge in [-0.15, -0.1) is 0 Å². The van der Waals surface area contributed by atoms with Crippen molar-refractivity contribution in [3.05, 3.63) is 70.6 Å². The highest BCUT2D eigenvalue weighted by Crippen LogP contribution is 2.37. The lowest BCUT2D eigenvalue weighted by molar-refractivity contribution is 0.496. The van der Waals surface area contributed by atoms with Gasteiger partial charge in [0.15, 0.2) is 9.84 Å². The Morgan fingerprint density at radius 3 is 2.14 bits per heavy atom. The zero-order valence-electron chi connectivity index (χ0n) is 16.4. The minimum absolute atomic E-state index is 0.0100. The van der Waals surface area contributed by atoms with Crippen LogP contribution in [0.4, 0.5) is 0 Å². The summed E-state index contributed by atoms with van der Waals surface area (Å²) in [4.78, 5) is 3.34. The molecule has 0 aliphatic carbocycles. The lowest BCUT2D eigenvalue weighted by atomic mass is 10.1. The second-order valence-corrected chi connectivity index (χ2v) is 11.6. The number of hydrogen-bond acceptors (Lipinski definition) is 5. The zero-order chi connectivity index (χ0) is 21.2. The Bertz CT molecular complexity index is 1140. The summed E-state index contributed by atoms with van der Waals surface area (Å²) in [5.41, 5.74) is 1.64. The minimum atomic E-state index is -4.08. The van der Waals surface area contributed by atoms with Gasteiger partial charge in [0.05, 0.1) is 20.6 Å². The normalized spacial score (nSPS) is 16.9. The van der Waals surface area contributed by atoms with Crippen LogP contribution in [0.15, 0.2) is 52.3 Å². The third-order valence-electron chi connectivity index (χ3n) is 5.22. The quantitative estimate of drug-likeness (QED) is 0.734. The van der Waals surface area contributed by atoms with E-state index in [0.29, 0.717) is 31.5 Å². The third-order valence-corrected chi connectivity index (χ3v) is 9.43. The molecule has 0 saturated carbocycles. The summed E-state index contributed by atoms with van der Waals surface area (Å²) >= 11 is 0. The van der Waals surface area contributed by atoms with Gasteiger partial charge < -0.3 is 5.32 Å². The third kappa shape index (κ3) is 4.22. The van der Waals surface area contributed by atoms with Gasteiger partial charge in [-0.2, -0.15) is 0 Å². The molecule has 1 unspecified atom stereocenters. The molecule has 3 rings (SSSR count). The van der Waals surface area contributed by atoms with Crippen LogP contribution in [0.5, 0.6) is 0 Å². The van der Waals surface area contributed by atoms with Crippen molar-refractivity contribution < 1.29 is 16.8 Å². The van der Waals surface area contributed by atoms with Gasteiger partial charge in [-0.25, -0.2) is 23.4 Å². The van der Waals surface area contributed by atoms with Crippen molar-refractivity contribution >= 4 is 19.7 Å². The van der Waals surface area contributed by atoms with Crippen LogP contribution in [0.25, 0.3) is 4.85 Å². The average molecular weight is 433 g/mol. The van der Waals surface area contributed by atoms with Crippen LogP contribution < -0.4 is 5.32 Å². The van der Waals surface area contributed by atoms with Gasteiger partial charge >= 0.3 is 5.37 Å². The molecule has 1 heterocycles. The largest absolute Gasteiger partial charge is 0.351 e. The molecule has 6 nitrogen and oxygen atoms in total. The Hall–Kier alpha value is -2.21. The summed E-state index contributed by atoms with van der Waals surface area (Å²) in [7, 11) is -7.84. The van der Waals surface area contributed by atoms with Gasteiger partial charge in [0.2, 0.25) is 0 Å². The number of rotatable bonds is 5. The predicted molar refractivity (Wildman–Crippen MR) is 112 cm³/mol. The molecule has 0 amide bonds. The van der Waals surface area contributed by atoms with E-state index in [0.717, 1.165) is 5.56 Å². The monoisotopic (exact) mass is 432 g/mol. The molecule has 2 aromatic rings. The molecule has 2 aromatic carbocycles. The molecular formula is C21H24N2O4S2. The molecule has 0 spiro atoms. The van der Waals surface area contributed by atoms with E-state index < -0.39 is 30.3 Å². The Morgan fingerprint density at radius 1 is 0.966 bits per heavy atom. The van der Waals surface area contributed by atoms with Crippen molar-refractivity contribution in [1.29, 1.82) is 0 Å². The number of nitrogens with one attached hydrogen (secondary N) is 1. The molecule has 1 aliphatic heterocycles. The van der Waals surface area contributed by atoms with E-state index in [1.807, 2.05) is 6.92 Å². The van der Waals surface area contributed by atoms with Crippen LogP contribution >= 0.6 is 0 Å². The number of piperidine rings is 1. The summed E-state index contributed by atoms with van der Waals surface area (Å²) < 4.78 is 53.1. The maximum absolute atomic E-state index is 13.3. The lowest BCUT2D eigenvalue weighted by Crippen LogP contribution is -2.36. The summed E-state index contributed by atoms with van der Waals surface area (Å²) in [5.74, 6) is 0. The molecule has 1 saturated heterocycles. The molecule has 0 aromatic heterocycles. The lowest BCUT2D eigenvalue weighted by Gasteiger charge is -2.24. The van der Waals surface area contributed by atoms with E-state index >= 15 is 0 Å². The number of hydrogen-bond donors (Lipinski definition) is 1. The first-order valence-corrected chi connectivity index (χ1v) is 12.5. The summed E-state index contributed by atoms with van der Waals surface area (Å²) in [6.45, 7) is 12.4. The van der Waals surface area contributed by atoms with Crippen molar-refractivity contribution in [3.8, 4) is 0 Å². The molecule has 1 atom stereocenters. The van der Waals surface area contributed by atoms with Crippen molar-refractivity contribution in [2.45, 2.75) is 47.1 Å². The molecular weight excluding hydrogens is 408 g/mol. The van der Waals surface area contributed by atoms with E-state index in [4.69, 9.17) is 6.57 Å². The highest BCUT2D eigenvalue weighted by atomic mass is 32.2. The SMILES string of the molecule is [C-]#[N+]C(c1cc(C)ccc1S(=O)(=O)C1CCNCC1)S(=O)(=O)c1ccc(C)cc1. The fourth-order valence-electron chi connectivity index (χ4n) is 3.57. The summed E-state index contributed by atoms with van der Waals surface area (Å²) in [5, 5.41) is 0.939. The smallest absolute Gasteiger partial charge is 0.317 e.